The quantitative estimate of drug-likeness (QED) is 0.870. The first-order valence-electron chi connectivity index (χ1n) is 9.35. The van der Waals surface area contributed by atoms with Crippen LogP contribution in [0.15, 0.2) is 24.4 Å². The molecule has 1 N–H and O–H groups in total. The second-order valence-electron chi connectivity index (χ2n) is 7.01. The maximum Gasteiger partial charge on any atom is 0.317 e. The van der Waals surface area contributed by atoms with E-state index >= 15 is 0 Å². The van der Waals surface area contributed by atoms with Crippen molar-refractivity contribution in [3.63, 3.8) is 0 Å². The van der Waals surface area contributed by atoms with Crippen molar-refractivity contribution in [3.8, 4) is 0 Å². The Morgan fingerprint density at radius 1 is 1.25 bits per heavy atom. The van der Waals surface area contributed by atoms with Gasteiger partial charge in [-0.2, -0.15) is 0 Å². The average molecular weight is 331 g/mol. The van der Waals surface area contributed by atoms with Gasteiger partial charge in [0.2, 0.25) is 0 Å². The van der Waals surface area contributed by atoms with Gasteiger partial charge in [0.05, 0.1) is 18.4 Å². The zero-order valence-corrected chi connectivity index (χ0v) is 14.5. The van der Waals surface area contributed by atoms with Gasteiger partial charge in [-0.15, -0.1) is 0 Å². The van der Waals surface area contributed by atoms with Crippen molar-refractivity contribution in [2.45, 2.75) is 57.7 Å². The molecule has 1 aromatic heterocycles. The Labute approximate surface area is 144 Å². The third kappa shape index (κ3) is 5.20. The topological polar surface area (TPSA) is 54.5 Å². The van der Waals surface area contributed by atoms with E-state index in [1.54, 1.807) is 6.20 Å². The lowest BCUT2D eigenvalue weighted by atomic mass is 10.0. The van der Waals surface area contributed by atoms with E-state index in [-0.39, 0.29) is 12.1 Å². The molecule has 132 valence electrons. The number of likely N-dealkylation sites (tertiary alicyclic amines) is 1. The zero-order valence-electron chi connectivity index (χ0n) is 14.5. The van der Waals surface area contributed by atoms with Crippen LogP contribution in [0, 0.1) is 5.92 Å². The third-order valence-electron chi connectivity index (χ3n) is 5.16. The van der Waals surface area contributed by atoms with Crippen LogP contribution in [0.1, 0.15) is 50.6 Å². The number of hydrogen-bond donors (Lipinski definition) is 1. The van der Waals surface area contributed by atoms with Gasteiger partial charge >= 0.3 is 6.03 Å². The van der Waals surface area contributed by atoms with Gasteiger partial charge in [0.1, 0.15) is 0 Å². The minimum atomic E-state index is 0.0686. The van der Waals surface area contributed by atoms with Gasteiger partial charge in [0, 0.05) is 25.8 Å². The Bertz CT molecular complexity index is 503. The summed E-state index contributed by atoms with van der Waals surface area (Å²) in [4.78, 5) is 18.5. The van der Waals surface area contributed by atoms with Gasteiger partial charge in [0.25, 0.3) is 0 Å². The second kappa shape index (κ2) is 9.02. The fraction of sp³-hybridized carbons (Fsp3) is 0.684. The zero-order chi connectivity index (χ0) is 16.6. The van der Waals surface area contributed by atoms with E-state index in [2.05, 4.69) is 10.3 Å². The third-order valence-corrected chi connectivity index (χ3v) is 5.16. The highest BCUT2D eigenvalue weighted by Gasteiger charge is 2.24. The van der Waals surface area contributed by atoms with E-state index in [9.17, 15) is 4.79 Å². The highest BCUT2D eigenvalue weighted by atomic mass is 16.5. The van der Waals surface area contributed by atoms with Crippen LogP contribution in [0.5, 0.6) is 0 Å². The van der Waals surface area contributed by atoms with Crippen LogP contribution in [0.3, 0.4) is 0 Å². The molecule has 1 saturated heterocycles. The Morgan fingerprint density at radius 3 is 2.92 bits per heavy atom. The van der Waals surface area contributed by atoms with E-state index in [1.807, 2.05) is 23.1 Å². The highest BCUT2D eigenvalue weighted by Crippen LogP contribution is 2.26. The summed E-state index contributed by atoms with van der Waals surface area (Å²) >= 11 is 0. The molecule has 2 aliphatic rings. The molecule has 0 aromatic carbocycles. The van der Waals surface area contributed by atoms with Gasteiger partial charge in [-0.1, -0.05) is 31.7 Å². The Kier molecular flexibility index (Phi) is 6.47. The predicted molar refractivity (Wildman–Crippen MR) is 93.6 cm³/mol. The van der Waals surface area contributed by atoms with Crippen LogP contribution < -0.4 is 5.32 Å². The SMILES string of the molecule is O=C(NCCC1CCCC1)N1CCC[C@H](OCc2ccccn2)C1. The van der Waals surface area contributed by atoms with Gasteiger partial charge in [0.15, 0.2) is 0 Å². The predicted octanol–water partition coefficient (Wildman–Crippen LogP) is 3.35. The van der Waals surface area contributed by atoms with E-state index in [4.69, 9.17) is 4.74 Å². The summed E-state index contributed by atoms with van der Waals surface area (Å²) in [5.41, 5.74) is 0.940. The highest BCUT2D eigenvalue weighted by molar-refractivity contribution is 5.74. The molecule has 1 aliphatic carbocycles. The van der Waals surface area contributed by atoms with Crippen LogP contribution in [0.2, 0.25) is 0 Å². The molecule has 2 fully saturated rings. The van der Waals surface area contributed by atoms with Crippen molar-refractivity contribution in [2.24, 2.45) is 5.92 Å². The number of ether oxygens (including phenoxy) is 1. The van der Waals surface area contributed by atoms with Gasteiger partial charge < -0.3 is 15.0 Å². The van der Waals surface area contributed by atoms with Gasteiger partial charge in [-0.3, -0.25) is 4.98 Å². The van der Waals surface area contributed by atoms with Gasteiger partial charge in [-0.05, 0) is 37.3 Å². The summed E-state index contributed by atoms with van der Waals surface area (Å²) in [5.74, 6) is 0.820. The lowest BCUT2D eigenvalue weighted by Crippen LogP contribution is -2.48. The number of pyridine rings is 1. The van der Waals surface area contributed by atoms with Crippen molar-refractivity contribution in [3.05, 3.63) is 30.1 Å². The van der Waals surface area contributed by atoms with Crippen LogP contribution in [0.4, 0.5) is 4.79 Å². The number of amides is 2. The number of aromatic nitrogens is 1. The molecular weight excluding hydrogens is 302 g/mol. The minimum absolute atomic E-state index is 0.0686. The largest absolute Gasteiger partial charge is 0.370 e. The molecule has 1 saturated carbocycles. The number of nitrogens with zero attached hydrogens (tertiary/aromatic N) is 2. The summed E-state index contributed by atoms with van der Waals surface area (Å²) in [7, 11) is 0. The number of carbonyl (C=O) groups is 1. The van der Waals surface area contributed by atoms with E-state index < -0.39 is 0 Å². The standard InChI is InChI=1S/C19H29N3O2/c23-19(21-12-10-16-6-1-2-7-16)22-13-5-9-18(14-22)24-15-17-8-3-4-11-20-17/h3-4,8,11,16,18H,1-2,5-7,9-10,12-15H2,(H,21,23)/t18-/m0/s1. The second-order valence-corrected chi connectivity index (χ2v) is 7.01. The Hall–Kier alpha value is -1.62. The lowest BCUT2D eigenvalue weighted by molar-refractivity contribution is -0.00165. The molecule has 2 heterocycles. The summed E-state index contributed by atoms with van der Waals surface area (Å²) < 4.78 is 5.95. The normalized spacial score (nSPS) is 21.8. The van der Waals surface area contributed by atoms with Crippen molar-refractivity contribution < 1.29 is 9.53 Å². The Balaban J connectivity index is 1.37. The molecule has 0 bridgehead atoms. The Morgan fingerprint density at radius 2 is 2.12 bits per heavy atom. The van der Waals surface area contributed by atoms with Crippen molar-refractivity contribution in [2.75, 3.05) is 19.6 Å². The molecule has 3 rings (SSSR count). The van der Waals surface area contributed by atoms with Crippen molar-refractivity contribution >= 4 is 6.03 Å². The monoisotopic (exact) mass is 331 g/mol. The van der Waals surface area contributed by atoms with E-state index in [0.717, 1.165) is 44.0 Å². The summed E-state index contributed by atoms with van der Waals surface area (Å²) in [6, 6.07) is 5.91. The number of hydrogen-bond acceptors (Lipinski definition) is 3. The maximum absolute atomic E-state index is 12.3. The summed E-state index contributed by atoms with van der Waals surface area (Å²) in [6.07, 6.45) is 10.4. The van der Waals surface area contributed by atoms with Crippen LogP contribution in [-0.2, 0) is 11.3 Å². The summed E-state index contributed by atoms with van der Waals surface area (Å²) in [6.45, 7) is 2.84. The van der Waals surface area contributed by atoms with Gasteiger partial charge in [-0.25, -0.2) is 4.79 Å². The molecule has 1 atom stereocenters. The number of carbonyl (C=O) groups excluding carboxylic acids is 1. The van der Waals surface area contributed by atoms with Crippen LogP contribution in [0.25, 0.3) is 0 Å². The fourth-order valence-electron chi connectivity index (χ4n) is 3.74. The van der Waals surface area contributed by atoms with E-state index in [0.29, 0.717) is 13.2 Å². The lowest BCUT2D eigenvalue weighted by Gasteiger charge is -2.32. The summed E-state index contributed by atoms with van der Waals surface area (Å²) in [5, 5.41) is 3.09. The first-order chi connectivity index (χ1) is 11.8. The van der Waals surface area contributed by atoms with E-state index in [1.165, 1.54) is 25.7 Å². The first kappa shape index (κ1) is 17.2. The smallest absolute Gasteiger partial charge is 0.317 e. The molecule has 1 aliphatic heterocycles. The molecule has 5 heteroatoms. The molecule has 5 nitrogen and oxygen atoms in total. The maximum atomic E-state index is 12.3. The minimum Gasteiger partial charge on any atom is -0.370 e. The first-order valence-corrected chi connectivity index (χ1v) is 9.35. The fourth-order valence-corrected chi connectivity index (χ4v) is 3.74. The molecule has 2 amide bonds. The number of nitrogens with one attached hydrogen (secondary N) is 1. The number of rotatable bonds is 6. The van der Waals surface area contributed by atoms with Crippen LogP contribution in [-0.4, -0.2) is 41.7 Å². The van der Waals surface area contributed by atoms with Crippen molar-refractivity contribution in [1.82, 2.24) is 15.2 Å². The van der Waals surface area contributed by atoms with Crippen LogP contribution >= 0.6 is 0 Å². The molecule has 24 heavy (non-hydrogen) atoms. The average Bonchev–Trinajstić information content (AvgIpc) is 3.14. The molecule has 0 unspecified atom stereocenters. The van der Waals surface area contributed by atoms with Crippen molar-refractivity contribution in [1.29, 1.82) is 0 Å². The molecule has 0 spiro atoms. The molecule has 0 radical (unpaired) electrons. The number of piperidine rings is 1. The number of urea groups is 1. The molecule has 1 aromatic rings. The molecular formula is C19H29N3O2.